The van der Waals surface area contributed by atoms with Crippen molar-refractivity contribution in [2.45, 2.75) is 6.42 Å². The zero-order chi connectivity index (χ0) is 20.8. The van der Waals surface area contributed by atoms with Crippen LogP contribution in [0.25, 0.3) is 50.0 Å². The van der Waals surface area contributed by atoms with Crippen molar-refractivity contribution in [2.24, 2.45) is 0 Å². The number of fused-ring (bicyclic) bond motifs is 2. The van der Waals surface area contributed by atoms with E-state index in [2.05, 4.69) is 55.8 Å². The van der Waals surface area contributed by atoms with E-state index in [1.807, 2.05) is 6.07 Å². The van der Waals surface area contributed by atoms with Crippen molar-refractivity contribution in [3.63, 3.8) is 0 Å². The molecule has 0 radical (unpaired) electrons. The van der Waals surface area contributed by atoms with Gasteiger partial charge in [-0.25, -0.2) is 9.37 Å². The number of pyridine rings is 1. The fourth-order valence-corrected chi connectivity index (χ4v) is 4.34. The average Bonchev–Trinajstić information content (AvgIpc) is 3.43. The summed E-state index contributed by atoms with van der Waals surface area (Å²) in [5, 5.41) is 13.2. The van der Waals surface area contributed by atoms with Crippen LogP contribution in [0.4, 0.5) is 4.39 Å². The first-order valence-corrected chi connectivity index (χ1v) is 10.4. The van der Waals surface area contributed by atoms with Crippen LogP contribution < -0.4 is 5.32 Å². The molecule has 5 nitrogen and oxygen atoms in total. The van der Waals surface area contributed by atoms with Crippen molar-refractivity contribution in [1.29, 1.82) is 0 Å². The van der Waals surface area contributed by atoms with E-state index in [0.29, 0.717) is 0 Å². The van der Waals surface area contributed by atoms with Crippen LogP contribution in [0.1, 0.15) is 12.0 Å². The molecule has 0 atom stereocenters. The van der Waals surface area contributed by atoms with E-state index in [0.717, 1.165) is 64.0 Å². The largest absolute Gasteiger partial charge is 0.338 e. The lowest BCUT2D eigenvalue weighted by Crippen LogP contribution is -2.19. The van der Waals surface area contributed by atoms with E-state index < -0.39 is 0 Å². The Morgan fingerprint density at radius 3 is 2.61 bits per heavy atom. The van der Waals surface area contributed by atoms with Gasteiger partial charge in [-0.15, -0.1) is 0 Å². The Morgan fingerprint density at radius 1 is 0.903 bits per heavy atom. The third-order valence-corrected chi connectivity index (χ3v) is 5.94. The maximum atomic E-state index is 13.4. The Morgan fingerprint density at radius 2 is 1.77 bits per heavy atom. The molecule has 0 aliphatic carbocycles. The van der Waals surface area contributed by atoms with Crippen LogP contribution in [0.3, 0.4) is 0 Å². The summed E-state index contributed by atoms with van der Waals surface area (Å²) < 4.78 is 13.4. The third-order valence-electron chi connectivity index (χ3n) is 5.94. The van der Waals surface area contributed by atoms with Gasteiger partial charge in [0.05, 0.1) is 11.2 Å². The maximum Gasteiger partial charge on any atom is 0.138 e. The zero-order valence-corrected chi connectivity index (χ0v) is 16.7. The molecule has 0 amide bonds. The molecule has 4 heterocycles. The molecule has 2 aromatic carbocycles. The normalized spacial score (nSPS) is 14.3. The fourth-order valence-electron chi connectivity index (χ4n) is 4.34. The maximum absolute atomic E-state index is 13.4. The molecule has 31 heavy (non-hydrogen) atoms. The molecule has 3 N–H and O–H groups in total. The Balaban J connectivity index is 1.48. The van der Waals surface area contributed by atoms with Crippen molar-refractivity contribution >= 4 is 27.5 Å². The lowest BCUT2D eigenvalue weighted by Gasteiger charge is -2.14. The monoisotopic (exact) mass is 409 g/mol. The van der Waals surface area contributed by atoms with Crippen molar-refractivity contribution in [1.82, 2.24) is 25.5 Å². The second-order valence-electron chi connectivity index (χ2n) is 7.83. The molecule has 0 unspecified atom stereocenters. The second-order valence-corrected chi connectivity index (χ2v) is 7.83. The van der Waals surface area contributed by atoms with Gasteiger partial charge >= 0.3 is 0 Å². The Bertz CT molecular complexity index is 1440. The van der Waals surface area contributed by atoms with E-state index in [4.69, 9.17) is 0 Å². The number of H-pyrrole nitrogens is 2. The summed E-state index contributed by atoms with van der Waals surface area (Å²) in [7, 11) is 0. The Labute approximate surface area is 178 Å². The van der Waals surface area contributed by atoms with Gasteiger partial charge in [0, 0.05) is 23.5 Å². The molecule has 0 bridgehead atoms. The number of hydrogen-bond donors (Lipinski definition) is 3. The van der Waals surface area contributed by atoms with Gasteiger partial charge in [-0.2, -0.15) is 5.10 Å². The highest BCUT2D eigenvalue weighted by molar-refractivity contribution is 6.00. The van der Waals surface area contributed by atoms with E-state index in [-0.39, 0.29) is 5.82 Å². The Hall–Kier alpha value is -3.77. The van der Waals surface area contributed by atoms with Gasteiger partial charge in [-0.1, -0.05) is 24.3 Å². The van der Waals surface area contributed by atoms with Crippen LogP contribution in [-0.4, -0.2) is 33.3 Å². The zero-order valence-electron chi connectivity index (χ0n) is 16.7. The fraction of sp³-hybridized carbons (Fsp3) is 0.120. The van der Waals surface area contributed by atoms with E-state index in [1.165, 1.54) is 23.3 Å². The average molecular weight is 409 g/mol. The molecule has 3 aromatic heterocycles. The number of benzene rings is 2. The first-order chi connectivity index (χ1) is 15.3. The molecule has 1 aliphatic heterocycles. The van der Waals surface area contributed by atoms with Crippen molar-refractivity contribution in [3.8, 4) is 22.5 Å². The van der Waals surface area contributed by atoms with Crippen molar-refractivity contribution in [3.05, 3.63) is 78.3 Å². The molecule has 0 spiro atoms. The van der Waals surface area contributed by atoms with Crippen molar-refractivity contribution < 1.29 is 4.39 Å². The summed E-state index contributed by atoms with van der Waals surface area (Å²) in [5.74, 6) is -0.244. The highest BCUT2D eigenvalue weighted by Crippen LogP contribution is 2.34. The number of nitrogens with zero attached hydrogens (tertiary/aromatic N) is 2. The van der Waals surface area contributed by atoms with E-state index in [9.17, 15) is 4.39 Å². The molecular formula is C25H20FN5. The van der Waals surface area contributed by atoms with E-state index >= 15 is 0 Å². The van der Waals surface area contributed by atoms with E-state index in [1.54, 1.807) is 18.3 Å². The van der Waals surface area contributed by atoms with Crippen LogP contribution in [0.15, 0.2) is 66.9 Å². The first kappa shape index (κ1) is 18.0. The molecule has 0 saturated heterocycles. The van der Waals surface area contributed by atoms with Gasteiger partial charge in [0.2, 0.25) is 0 Å². The first-order valence-electron chi connectivity index (χ1n) is 10.4. The predicted octanol–water partition coefficient (Wildman–Crippen LogP) is 5.29. The lowest BCUT2D eigenvalue weighted by atomic mass is 9.98. The van der Waals surface area contributed by atoms with Gasteiger partial charge in [0.1, 0.15) is 17.2 Å². The summed E-state index contributed by atoms with van der Waals surface area (Å²) in [6.45, 7) is 1.91. The number of hydrogen-bond acceptors (Lipinski definition) is 3. The summed E-state index contributed by atoms with van der Waals surface area (Å²) in [5.41, 5.74) is 8.11. The van der Waals surface area contributed by atoms with Crippen molar-refractivity contribution in [2.75, 3.05) is 13.1 Å². The number of halogens is 1. The summed E-state index contributed by atoms with van der Waals surface area (Å²) in [6.07, 6.45) is 5.05. The summed E-state index contributed by atoms with van der Waals surface area (Å²) in [4.78, 5) is 7.92. The van der Waals surface area contributed by atoms with Gasteiger partial charge in [0.15, 0.2) is 0 Å². The molecule has 5 aromatic rings. The summed E-state index contributed by atoms with van der Waals surface area (Å²) in [6, 6.07) is 17.0. The van der Waals surface area contributed by atoms with Gasteiger partial charge in [-0.3, -0.25) is 5.10 Å². The third kappa shape index (κ3) is 3.12. The van der Waals surface area contributed by atoms with Gasteiger partial charge in [-0.05, 0) is 71.6 Å². The standard InChI is InChI=1S/C25H20FN5/c26-18-4-1-16(2-5-18)19-9-12-28-25-20(19)14-23(29-25)24-21-13-17(3-6-22(21)30-31-24)15-7-10-27-11-8-15/h1-7,9,12-14,27H,8,10-11H2,(H,28,29)(H,30,31). The van der Waals surface area contributed by atoms with Gasteiger partial charge < -0.3 is 10.3 Å². The van der Waals surface area contributed by atoms with Crippen LogP contribution in [0.5, 0.6) is 0 Å². The number of nitrogens with one attached hydrogen (secondary N) is 3. The minimum atomic E-state index is -0.244. The number of aromatic nitrogens is 4. The highest BCUT2D eigenvalue weighted by Gasteiger charge is 2.15. The SMILES string of the molecule is Fc1ccc(-c2ccnc3[nH]c(-c4n[nH]c5ccc(C6=CCNCC6)cc45)cc23)cc1. The van der Waals surface area contributed by atoms with Gasteiger partial charge in [0.25, 0.3) is 0 Å². The molecule has 0 saturated carbocycles. The van der Waals surface area contributed by atoms with Crippen LogP contribution in [0.2, 0.25) is 0 Å². The molecular weight excluding hydrogens is 389 g/mol. The summed E-state index contributed by atoms with van der Waals surface area (Å²) >= 11 is 0. The molecule has 1 aliphatic rings. The highest BCUT2D eigenvalue weighted by atomic mass is 19.1. The molecule has 6 rings (SSSR count). The second kappa shape index (κ2) is 7.18. The smallest absolute Gasteiger partial charge is 0.138 e. The molecule has 6 heteroatoms. The minimum absolute atomic E-state index is 0.244. The van der Waals surface area contributed by atoms with Crippen LogP contribution in [0, 0.1) is 5.82 Å². The minimum Gasteiger partial charge on any atom is -0.338 e. The quantitative estimate of drug-likeness (QED) is 0.379. The number of rotatable bonds is 3. The molecule has 152 valence electrons. The van der Waals surface area contributed by atoms with Crippen LogP contribution >= 0.6 is 0 Å². The topological polar surface area (TPSA) is 69.4 Å². The van der Waals surface area contributed by atoms with Crippen LogP contribution in [-0.2, 0) is 0 Å². The Kier molecular flexibility index (Phi) is 4.18. The molecule has 0 fully saturated rings. The number of aromatic amines is 2. The lowest BCUT2D eigenvalue weighted by molar-refractivity contribution is 0.628. The predicted molar refractivity (Wildman–Crippen MR) is 122 cm³/mol.